The quantitative estimate of drug-likeness (QED) is 0.883. The lowest BCUT2D eigenvalue weighted by atomic mass is 10.1. The predicted molar refractivity (Wildman–Crippen MR) is 85.7 cm³/mol. The molecule has 1 aromatic carbocycles. The van der Waals surface area contributed by atoms with E-state index >= 15 is 0 Å². The molecule has 7 nitrogen and oxygen atoms in total. The fourth-order valence-corrected chi connectivity index (χ4v) is 2.65. The van der Waals surface area contributed by atoms with E-state index < -0.39 is 0 Å². The first-order valence-corrected chi connectivity index (χ1v) is 7.34. The van der Waals surface area contributed by atoms with Crippen molar-refractivity contribution in [2.45, 2.75) is 19.9 Å². The first kappa shape index (κ1) is 15.1. The Morgan fingerprint density at radius 2 is 2.26 bits per heavy atom. The number of benzene rings is 1. The second kappa shape index (κ2) is 6.12. The number of urea groups is 1. The SMILES string of the molecule is COc1ccc(C)cc1NC(=O)N1CCc2c(nc[nH]c2=O)C1. The van der Waals surface area contributed by atoms with E-state index in [1.165, 1.54) is 6.33 Å². The number of carbonyl (C=O) groups excluding carboxylic acids is 1. The highest BCUT2D eigenvalue weighted by Gasteiger charge is 2.24. The van der Waals surface area contributed by atoms with Gasteiger partial charge in [-0.1, -0.05) is 6.07 Å². The van der Waals surface area contributed by atoms with Crippen LogP contribution >= 0.6 is 0 Å². The number of aryl methyl sites for hydroxylation is 1. The topological polar surface area (TPSA) is 87.3 Å². The first-order chi connectivity index (χ1) is 11.1. The predicted octanol–water partition coefficient (Wildman–Crippen LogP) is 1.68. The Morgan fingerprint density at radius 1 is 1.43 bits per heavy atom. The van der Waals surface area contributed by atoms with Gasteiger partial charge in [-0.25, -0.2) is 9.78 Å². The molecule has 1 aliphatic rings. The summed E-state index contributed by atoms with van der Waals surface area (Å²) < 4.78 is 5.27. The Morgan fingerprint density at radius 3 is 3.04 bits per heavy atom. The fraction of sp³-hybridized carbons (Fsp3) is 0.312. The fourth-order valence-electron chi connectivity index (χ4n) is 2.65. The second-order valence-electron chi connectivity index (χ2n) is 5.46. The number of H-pyrrole nitrogens is 1. The summed E-state index contributed by atoms with van der Waals surface area (Å²) in [7, 11) is 1.56. The number of nitrogens with one attached hydrogen (secondary N) is 2. The molecular formula is C16H18N4O3. The molecule has 1 aliphatic heterocycles. The summed E-state index contributed by atoms with van der Waals surface area (Å²) in [6.45, 7) is 2.74. The van der Waals surface area contributed by atoms with Gasteiger partial charge in [-0.15, -0.1) is 0 Å². The molecule has 0 fully saturated rings. The summed E-state index contributed by atoms with van der Waals surface area (Å²) in [5, 5.41) is 2.87. The van der Waals surface area contributed by atoms with Crippen LogP contribution in [0, 0.1) is 6.92 Å². The number of aromatic nitrogens is 2. The lowest BCUT2D eigenvalue weighted by Gasteiger charge is -2.27. The van der Waals surface area contributed by atoms with E-state index in [0.717, 1.165) is 5.56 Å². The van der Waals surface area contributed by atoms with Gasteiger partial charge < -0.3 is 19.9 Å². The third-order valence-corrected chi connectivity index (χ3v) is 3.89. The molecule has 0 unspecified atom stereocenters. The molecule has 0 aliphatic carbocycles. The van der Waals surface area contributed by atoms with Crippen molar-refractivity contribution in [3.8, 4) is 5.75 Å². The van der Waals surface area contributed by atoms with E-state index in [0.29, 0.717) is 42.2 Å². The van der Waals surface area contributed by atoms with Crippen LogP contribution in [0.3, 0.4) is 0 Å². The zero-order valence-electron chi connectivity index (χ0n) is 13.0. The van der Waals surface area contributed by atoms with Gasteiger partial charge in [0.1, 0.15) is 5.75 Å². The van der Waals surface area contributed by atoms with Crippen LogP contribution in [-0.2, 0) is 13.0 Å². The smallest absolute Gasteiger partial charge is 0.322 e. The van der Waals surface area contributed by atoms with Crippen molar-refractivity contribution in [2.24, 2.45) is 0 Å². The molecule has 2 N–H and O–H groups in total. The monoisotopic (exact) mass is 314 g/mol. The number of amides is 2. The van der Waals surface area contributed by atoms with Crippen LogP contribution in [0.15, 0.2) is 29.3 Å². The molecule has 0 spiro atoms. The molecule has 7 heteroatoms. The van der Waals surface area contributed by atoms with Crippen LogP contribution < -0.4 is 15.6 Å². The lowest BCUT2D eigenvalue weighted by Crippen LogP contribution is -2.41. The van der Waals surface area contributed by atoms with Crippen molar-refractivity contribution in [1.82, 2.24) is 14.9 Å². The minimum atomic E-state index is -0.235. The van der Waals surface area contributed by atoms with Crippen molar-refractivity contribution in [3.05, 3.63) is 51.7 Å². The number of ether oxygens (including phenoxy) is 1. The molecule has 1 aromatic heterocycles. The molecule has 2 heterocycles. The molecule has 0 radical (unpaired) electrons. The Balaban J connectivity index is 1.78. The van der Waals surface area contributed by atoms with Gasteiger partial charge in [-0.3, -0.25) is 4.79 Å². The highest BCUT2D eigenvalue weighted by Crippen LogP contribution is 2.26. The van der Waals surface area contributed by atoms with Gasteiger partial charge in [0.2, 0.25) is 0 Å². The Hall–Kier alpha value is -2.83. The van der Waals surface area contributed by atoms with Gasteiger partial charge in [0.05, 0.1) is 31.4 Å². The number of hydrogen-bond acceptors (Lipinski definition) is 4. The summed E-state index contributed by atoms with van der Waals surface area (Å²) in [5.41, 5.74) is 2.83. The average molecular weight is 314 g/mol. The minimum Gasteiger partial charge on any atom is -0.495 e. The summed E-state index contributed by atoms with van der Waals surface area (Å²) >= 11 is 0. The van der Waals surface area contributed by atoms with E-state index in [1.54, 1.807) is 12.0 Å². The average Bonchev–Trinajstić information content (AvgIpc) is 2.55. The van der Waals surface area contributed by atoms with Crippen molar-refractivity contribution in [3.63, 3.8) is 0 Å². The largest absolute Gasteiger partial charge is 0.495 e. The summed E-state index contributed by atoms with van der Waals surface area (Å²) in [4.78, 5) is 32.6. The summed E-state index contributed by atoms with van der Waals surface area (Å²) in [5.74, 6) is 0.607. The zero-order valence-corrected chi connectivity index (χ0v) is 13.0. The third kappa shape index (κ3) is 3.03. The Labute approximate surface area is 133 Å². The molecule has 0 saturated carbocycles. The minimum absolute atomic E-state index is 0.129. The number of carbonyl (C=O) groups is 1. The molecule has 2 amide bonds. The molecule has 23 heavy (non-hydrogen) atoms. The maximum Gasteiger partial charge on any atom is 0.322 e. The number of aromatic amines is 1. The van der Waals surface area contributed by atoms with Gasteiger partial charge in [0.25, 0.3) is 5.56 Å². The number of hydrogen-bond donors (Lipinski definition) is 2. The van der Waals surface area contributed by atoms with Gasteiger partial charge in [0, 0.05) is 12.1 Å². The third-order valence-electron chi connectivity index (χ3n) is 3.89. The van der Waals surface area contributed by atoms with E-state index in [-0.39, 0.29) is 11.6 Å². The van der Waals surface area contributed by atoms with Crippen molar-refractivity contribution in [2.75, 3.05) is 19.0 Å². The van der Waals surface area contributed by atoms with E-state index in [1.807, 2.05) is 25.1 Å². The second-order valence-corrected chi connectivity index (χ2v) is 5.46. The maximum absolute atomic E-state index is 12.5. The van der Waals surface area contributed by atoms with Gasteiger partial charge >= 0.3 is 6.03 Å². The van der Waals surface area contributed by atoms with Crippen molar-refractivity contribution in [1.29, 1.82) is 0 Å². The normalized spacial score (nSPS) is 13.4. The van der Waals surface area contributed by atoms with Crippen LogP contribution in [0.25, 0.3) is 0 Å². The van der Waals surface area contributed by atoms with Crippen molar-refractivity contribution < 1.29 is 9.53 Å². The lowest BCUT2D eigenvalue weighted by molar-refractivity contribution is 0.205. The van der Waals surface area contributed by atoms with E-state index in [9.17, 15) is 9.59 Å². The van der Waals surface area contributed by atoms with Crippen LogP contribution in [0.2, 0.25) is 0 Å². The number of fused-ring (bicyclic) bond motifs is 1. The standard InChI is InChI=1S/C16H18N4O3/c1-10-3-4-14(23-2)12(7-10)19-16(22)20-6-5-11-13(8-20)17-9-18-15(11)21/h3-4,7,9H,5-6,8H2,1-2H3,(H,19,22)(H,17,18,21). The Bertz CT molecular complexity index is 800. The number of rotatable bonds is 2. The maximum atomic E-state index is 12.5. The molecule has 0 atom stereocenters. The van der Waals surface area contributed by atoms with Gasteiger partial charge in [-0.2, -0.15) is 0 Å². The number of nitrogens with zero attached hydrogens (tertiary/aromatic N) is 2. The van der Waals surface area contributed by atoms with Crippen LogP contribution in [-0.4, -0.2) is 34.6 Å². The van der Waals surface area contributed by atoms with E-state index in [4.69, 9.17) is 4.74 Å². The molecule has 0 bridgehead atoms. The summed E-state index contributed by atoms with van der Waals surface area (Å²) in [6, 6.07) is 5.36. The highest BCUT2D eigenvalue weighted by molar-refractivity contribution is 5.91. The highest BCUT2D eigenvalue weighted by atomic mass is 16.5. The number of anilines is 1. The van der Waals surface area contributed by atoms with Gasteiger partial charge in [-0.05, 0) is 31.0 Å². The molecular weight excluding hydrogens is 296 g/mol. The number of methoxy groups -OCH3 is 1. The van der Waals surface area contributed by atoms with Crippen LogP contribution in [0.4, 0.5) is 10.5 Å². The molecule has 3 rings (SSSR count). The molecule has 0 saturated heterocycles. The summed E-state index contributed by atoms with van der Waals surface area (Å²) in [6.07, 6.45) is 1.86. The van der Waals surface area contributed by atoms with Crippen LogP contribution in [0.5, 0.6) is 5.75 Å². The van der Waals surface area contributed by atoms with Crippen LogP contribution in [0.1, 0.15) is 16.8 Å². The molecule has 2 aromatic rings. The van der Waals surface area contributed by atoms with Gasteiger partial charge in [0.15, 0.2) is 0 Å². The first-order valence-electron chi connectivity index (χ1n) is 7.34. The molecule has 120 valence electrons. The Kier molecular flexibility index (Phi) is 4.01. The van der Waals surface area contributed by atoms with Crippen molar-refractivity contribution >= 4 is 11.7 Å². The zero-order chi connectivity index (χ0) is 16.4. The van der Waals surface area contributed by atoms with E-state index in [2.05, 4.69) is 15.3 Å².